The number of nitrogens with one attached hydrogen (secondary N) is 1. The van der Waals surface area contributed by atoms with Gasteiger partial charge >= 0.3 is 0 Å². The van der Waals surface area contributed by atoms with Crippen LogP contribution in [0.2, 0.25) is 0 Å². The van der Waals surface area contributed by atoms with Crippen molar-refractivity contribution in [1.29, 1.82) is 0 Å². The van der Waals surface area contributed by atoms with Gasteiger partial charge in [0.15, 0.2) is 0 Å². The van der Waals surface area contributed by atoms with E-state index >= 15 is 0 Å². The molecule has 0 radical (unpaired) electrons. The molecule has 146 valence electrons. The number of likely N-dealkylation sites (tertiary alicyclic amines) is 2. The highest BCUT2D eigenvalue weighted by molar-refractivity contribution is 5.78. The third kappa shape index (κ3) is 3.44. The molecule has 0 aliphatic carbocycles. The molecule has 2 aliphatic rings. The highest BCUT2D eigenvalue weighted by Crippen LogP contribution is 2.32. The Kier molecular flexibility index (Phi) is 4.64. The van der Waals surface area contributed by atoms with Crippen LogP contribution in [0.25, 0.3) is 11.0 Å². The topological polar surface area (TPSA) is 65.4 Å². The van der Waals surface area contributed by atoms with Crippen molar-refractivity contribution in [3.8, 4) is 0 Å². The Morgan fingerprint density at radius 3 is 3.11 bits per heavy atom. The predicted molar refractivity (Wildman–Crippen MR) is 107 cm³/mol. The predicted octanol–water partition coefficient (Wildman–Crippen LogP) is 3.21. The minimum Gasteiger partial charge on any atom is -0.464 e. The van der Waals surface area contributed by atoms with Crippen LogP contribution in [0.4, 0.5) is 0 Å². The molecule has 6 nitrogen and oxygen atoms in total. The summed E-state index contributed by atoms with van der Waals surface area (Å²) in [6, 6.07) is 8.87. The number of hydrogen-bond donors (Lipinski definition) is 1. The zero-order valence-electron chi connectivity index (χ0n) is 16.0. The summed E-state index contributed by atoms with van der Waals surface area (Å²) < 4.78 is 5.45. The van der Waals surface area contributed by atoms with Crippen LogP contribution in [0.1, 0.15) is 30.5 Å². The standard InChI is InChI=1S/C22H26N4O2/c27-22-4-2-18-14-25(13-16-1-3-21-17(11-16)7-10-28-21)8-6-20(18)26(22)9-5-19-12-23-15-24-19/h1,3,7,10-12,15,18,20H,2,4-6,8-9,13-14H2,(H,23,24)/t18-,20+/m0/s1. The van der Waals surface area contributed by atoms with Gasteiger partial charge in [-0.3, -0.25) is 9.69 Å². The van der Waals surface area contributed by atoms with E-state index in [2.05, 4.69) is 38.0 Å². The van der Waals surface area contributed by atoms with E-state index in [-0.39, 0.29) is 0 Å². The van der Waals surface area contributed by atoms with Crippen molar-refractivity contribution in [2.24, 2.45) is 5.92 Å². The van der Waals surface area contributed by atoms with Crippen LogP contribution in [0.3, 0.4) is 0 Å². The lowest BCUT2D eigenvalue weighted by atomic mass is 9.83. The average molecular weight is 378 g/mol. The van der Waals surface area contributed by atoms with Gasteiger partial charge in [-0.05, 0) is 42.5 Å². The third-order valence-corrected chi connectivity index (χ3v) is 6.33. The summed E-state index contributed by atoms with van der Waals surface area (Å²) in [6.45, 7) is 3.87. The lowest BCUT2D eigenvalue weighted by Gasteiger charge is -2.47. The number of benzene rings is 1. The van der Waals surface area contributed by atoms with E-state index in [1.54, 1.807) is 12.6 Å². The molecule has 2 aromatic heterocycles. The number of rotatable bonds is 5. The summed E-state index contributed by atoms with van der Waals surface area (Å²) in [5.41, 5.74) is 3.37. The normalized spacial score (nSPS) is 23.3. The van der Waals surface area contributed by atoms with Gasteiger partial charge in [0, 0.05) is 62.3 Å². The highest BCUT2D eigenvalue weighted by atomic mass is 16.3. The van der Waals surface area contributed by atoms with E-state index in [0.29, 0.717) is 24.3 Å². The Hall–Kier alpha value is -2.60. The van der Waals surface area contributed by atoms with Crippen molar-refractivity contribution in [3.63, 3.8) is 0 Å². The fraction of sp³-hybridized carbons (Fsp3) is 0.455. The first-order valence-corrected chi connectivity index (χ1v) is 10.2. The second-order valence-electron chi connectivity index (χ2n) is 8.10. The number of hydrogen-bond acceptors (Lipinski definition) is 4. The number of H-pyrrole nitrogens is 1. The summed E-state index contributed by atoms with van der Waals surface area (Å²) in [5.74, 6) is 0.894. The molecular weight excluding hydrogens is 352 g/mol. The molecule has 6 heteroatoms. The number of aromatic amines is 1. The maximum Gasteiger partial charge on any atom is 0.222 e. The maximum absolute atomic E-state index is 12.6. The van der Waals surface area contributed by atoms with Gasteiger partial charge in [-0.25, -0.2) is 4.98 Å². The van der Waals surface area contributed by atoms with Gasteiger partial charge in [0.2, 0.25) is 5.91 Å². The number of amides is 1. The van der Waals surface area contributed by atoms with Crippen LogP contribution in [-0.4, -0.2) is 51.4 Å². The van der Waals surface area contributed by atoms with Crippen molar-refractivity contribution in [2.75, 3.05) is 19.6 Å². The zero-order valence-corrected chi connectivity index (χ0v) is 16.0. The first-order chi connectivity index (χ1) is 13.8. The van der Waals surface area contributed by atoms with Gasteiger partial charge in [0.1, 0.15) is 5.58 Å². The first-order valence-electron chi connectivity index (χ1n) is 10.2. The summed E-state index contributed by atoms with van der Waals surface area (Å²) in [4.78, 5) is 24.5. The number of nitrogens with zero attached hydrogens (tertiary/aromatic N) is 3. The number of aromatic nitrogens is 2. The molecule has 0 unspecified atom stereocenters. The van der Waals surface area contributed by atoms with E-state index in [9.17, 15) is 4.79 Å². The number of furan rings is 1. The molecule has 2 saturated heterocycles. The summed E-state index contributed by atoms with van der Waals surface area (Å²) in [7, 11) is 0. The SMILES string of the molecule is O=C1CC[C@H]2CN(Cc3ccc4occc4c3)CC[C@H]2N1CCc1cnc[nH]1. The van der Waals surface area contributed by atoms with Crippen LogP contribution in [0.5, 0.6) is 0 Å². The minimum absolute atomic E-state index is 0.319. The van der Waals surface area contributed by atoms with E-state index in [1.165, 1.54) is 10.9 Å². The molecule has 2 atom stereocenters. The minimum atomic E-state index is 0.319. The van der Waals surface area contributed by atoms with Gasteiger partial charge in [-0.1, -0.05) is 6.07 Å². The van der Waals surface area contributed by atoms with Crippen LogP contribution >= 0.6 is 0 Å². The monoisotopic (exact) mass is 378 g/mol. The quantitative estimate of drug-likeness (QED) is 0.740. The van der Waals surface area contributed by atoms with E-state index in [1.807, 2.05) is 12.3 Å². The highest BCUT2D eigenvalue weighted by Gasteiger charge is 2.38. The van der Waals surface area contributed by atoms with E-state index in [0.717, 1.165) is 56.7 Å². The molecule has 2 aliphatic heterocycles. The smallest absolute Gasteiger partial charge is 0.222 e. The molecule has 2 fully saturated rings. The van der Waals surface area contributed by atoms with Gasteiger partial charge in [-0.15, -0.1) is 0 Å². The van der Waals surface area contributed by atoms with Crippen molar-refractivity contribution in [3.05, 3.63) is 54.3 Å². The van der Waals surface area contributed by atoms with Gasteiger partial charge in [0.25, 0.3) is 0 Å². The Bertz CT molecular complexity index is 949. The largest absolute Gasteiger partial charge is 0.464 e. The molecule has 3 aromatic rings. The Balaban J connectivity index is 1.23. The molecule has 0 spiro atoms. The summed E-state index contributed by atoms with van der Waals surface area (Å²) in [5, 5.41) is 1.17. The van der Waals surface area contributed by atoms with Crippen LogP contribution in [-0.2, 0) is 17.8 Å². The van der Waals surface area contributed by atoms with E-state index in [4.69, 9.17) is 4.42 Å². The van der Waals surface area contributed by atoms with Crippen molar-refractivity contribution < 1.29 is 9.21 Å². The molecule has 1 aromatic carbocycles. The fourth-order valence-corrected chi connectivity index (χ4v) is 4.90. The molecule has 0 saturated carbocycles. The van der Waals surface area contributed by atoms with E-state index < -0.39 is 0 Å². The van der Waals surface area contributed by atoms with Crippen molar-refractivity contribution in [1.82, 2.24) is 19.8 Å². The van der Waals surface area contributed by atoms with Crippen molar-refractivity contribution in [2.45, 2.75) is 38.3 Å². The van der Waals surface area contributed by atoms with Crippen molar-refractivity contribution >= 4 is 16.9 Å². The van der Waals surface area contributed by atoms with Crippen LogP contribution in [0, 0.1) is 5.92 Å². The maximum atomic E-state index is 12.6. The zero-order chi connectivity index (χ0) is 18.9. The molecule has 0 bridgehead atoms. The lowest BCUT2D eigenvalue weighted by molar-refractivity contribution is -0.141. The third-order valence-electron chi connectivity index (χ3n) is 6.33. The Morgan fingerprint density at radius 1 is 1.25 bits per heavy atom. The number of piperidine rings is 2. The van der Waals surface area contributed by atoms with Crippen LogP contribution < -0.4 is 0 Å². The lowest BCUT2D eigenvalue weighted by Crippen LogP contribution is -2.56. The number of fused-ring (bicyclic) bond motifs is 2. The molecular formula is C22H26N4O2. The van der Waals surface area contributed by atoms with Crippen LogP contribution in [0.15, 0.2) is 47.5 Å². The Morgan fingerprint density at radius 2 is 2.21 bits per heavy atom. The first kappa shape index (κ1) is 17.5. The molecule has 1 N–H and O–H groups in total. The second-order valence-corrected chi connectivity index (χ2v) is 8.10. The van der Waals surface area contributed by atoms with Gasteiger partial charge < -0.3 is 14.3 Å². The molecule has 4 heterocycles. The number of imidazole rings is 1. The summed E-state index contributed by atoms with van der Waals surface area (Å²) in [6.07, 6.45) is 8.91. The fourth-order valence-electron chi connectivity index (χ4n) is 4.90. The Labute approximate surface area is 164 Å². The van der Waals surface area contributed by atoms with Gasteiger partial charge in [-0.2, -0.15) is 0 Å². The molecule has 1 amide bonds. The summed E-state index contributed by atoms with van der Waals surface area (Å²) >= 11 is 0. The molecule has 5 rings (SSSR count). The molecule has 28 heavy (non-hydrogen) atoms. The number of carbonyl (C=O) groups is 1. The number of carbonyl (C=O) groups excluding carboxylic acids is 1. The van der Waals surface area contributed by atoms with Gasteiger partial charge in [0.05, 0.1) is 12.6 Å². The average Bonchev–Trinajstić information content (AvgIpc) is 3.38. The second kappa shape index (κ2) is 7.43.